The lowest BCUT2D eigenvalue weighted by Crippen LogP contribution is -2.51. The summed E-state index contributed by atoms with van der Waals surface area (Å²) in [5, 5.41) is 2.61. The third-order valence-corrected chi connectivity index (χ3v) is 8.64. The Morgan fingerprint density at radius 2 is 1.74 bits per heavy atom. The largest absolute Gasteiger partial charge is 0.342 e. The van der Waals surface area contributed by atoms with Gasteiger partial charge in [0.1, 0.15) is 5.37 Å². The van der Waals surface area contributed by atoms with E-state index in [0.717, 1.165) is 36.1 Å². The Morgan fingerprint density at radius 1 is 1.03 bits per heavy atom. The summed E-state index contributed by atoms with van der Waals surface area (Å²) in [4.78, 5) is 44.7. The number of urea groups is 1. The summed E-state index contributed by atoms with van der Waals surface area (Å²) < 4.78 is 0. The predicted octanol–water partition coefficient (Wildman–Crippen LogP) is 4.47. The van der Waals surface area contributed by atoms with Gasteiger partial charge in [-0.2, -0.15) is 0 Å². The van der Waals surface area contributed by atoms with Gasteiger partial charge in [-0.1, -0.05) is 55.5 Å². The molecule has 2 aromatic rings. The fraction of sp³-hybridized carbons (Fsp3) is 0.444. The number of carbonyl (C=O) groups excluding carboxylic acids is 3. The molecule has 0 spiro atoms. The number of piperidine rings is 1. The van der Waals surface area contributed by atoms with Gasteiger partial charge in [-0.25, -0.2) is 4.79 Å². The number of likely N-dealkylation sites (tertiary alicyclic amines) is 1. The van der Waals surface area contributed by atoms with Gasteiger partial charge in [-0.15, -0.1) is 11.8 Å². The van der Waals surface area contributed by atoms with Crippen LogP contribution in [0.3, 0.4) is 0 Å². The van der Waals surface area contributed by atoms with Crippen LogP contribution in [0.1, 0.15) is 49.1 Å². The number of nitrogens with one attached hydrogen (secondary N) is 1. The van der Waals surface area contributed by atoms with Gasteiger partial charge >= 0.3 is 6.03 Å². The number of rotatable bonds is 6. The fourth-order valence-electron chi connectivity index (χ4n) is 5.30. The Bertz CT molecular complexity index is 1090. The number of hydrogen-bond donors (Lipinski definition) is 1. The number of fused-ring (bicyclic) bond motifs is 1. The summed E-state index contributed by atoms with van der Waals surface area (Å²) in [7, 11) is 0. The smallest absolute Gasteiger partial charge is 0.322 e. The molecule has 184 valence electrons. The lowest BCUT2D eigenvalue weighted by Gasteiger charge is -2.40. The number of anilines is 1. The van der Waals surface area contributed by atoms with Crippen LogP contribution in [0.4, 0.5) is 10.5 Å². The first-order valence-corrected chi connectivity index (χ1v) is 13.4. The number of benzene rings is 2. The maximum Gasteiger partial charge on any atom is 0.322 e. The molecule has 0 aromatic heterocycles. The molecular weight excluding hydrogens is 460 g/mol. The zero-order chi connectivity index (χ0) is 24.4. The second-order valence-corrected chi connectivity index (χ2v) is 10.7. The van der Waals surface area contributed by atoms with Gasteiger partial charge in [0.05, 0.1) is 5.25 Å². The van der Waals surface area contributed by atoms with Crippen molar-refractivity contribution in [3.8, 4) is 0 Å². The average molecular weight is 493 g/mol. The quantitative estimate of drug-likeness (QED) is 0.646. The lowest BCUT2D eigenvalue weighted by atomic mass is 10.0. The zero-order valence-corrected chi connectivity index (χ0v) is 20.9. The summed E-state index contributed by atoms with van der Waals surface area (Å²) in [6.45, 7) is 4.59. The maximum absolute atomic E-state index is 13.2. The predicted molar refractivity (Wildman–Crippen MR) is 138 cm³/mol. The number of para-hydroxylation sites is 1. The van der Waals surface area contributed by atoms with Crippen LogP contribution >= 0.6 is 11.8 Å². The van der Waals surface area contributed by atoms with Gasteiger partial charge in [0.2, 0.25) is 11.8 Å². The van der Waals surface area contributed by atoms with E-state index in [4.69, 9.17) is 0 Å². The highest BCUT2D eigenvalue weighted by Crippen LogP contribution is 2.44. The van der Waals surface area contributed by atoms with Crippen molar-refractivity contribution in [1.82, 2.24) is 14.7 Å². The molecule has 3 aliphatic heterocycles. The number of thioether (sulfide) groups is 1. The maximum atomic E-state index is 13.2. The fourth-order valence-corrected chi connectivity index (χ4v) is 6.77. The molecule has 3 heterocycles. The summed E-state index contributed by atoms with van der Waals surface area (Å²) in [5.74, 6) is 0.102. The Morgan fingerprint density at radius 3 is 2.49 bits per heavy atom. The van der Waals surface area contributed by atoms with Gasteiger partial charge in [-0.05, 0) is 36.5 Å². The zero-order valence-electron chi connectivity index (χ0n) is 20.1. The Kier molecular flexibility index (Phi) is 7.00. The van der Waals surface area contributed by atoms with Crippen molar-refractivity contribution in [2.45, 2.75) is 55.8 Å². The molecule has 2 unspecified atom stereocenters. The molecule has 2 aromatic carbocycles. The molecule has 4 amide bonds. The first kappa shape index (κ1) is 23.7. The Balaban J connectivity index is 1.18. The summed E-state index contributed by atoms with van der Waals surface area (Å²) in [6.07, 6.45) is 2.62. The highest BCUT2D eigenvalue weighted by molar-refractivity contribution is 8.01. The van der Waals surface area contributed by atoms with E-state index in [0.29, 0.717) is 26.2 Å². The molecule has 7 nitrogen and oxygen atoms in total. The number of hydrogen-bond acceptors (Lipinski definition) is 4. The van der Waals surface area contributed by atoms with E-state index in [9.17, 15) is 14.4 Å². The SMILES string of the molecule is CCCN1C(=O)C(CC(=O)N2CCC(N3Cc4ccccc4NC3=O)CC2)SC1c1ccccc1. The van der Waals surface area contributed by atoms with Crippen LogP contribution in [-0.2, 0) is 16.1 Å². The molecule has 0 saturated carbocycles. The number of amides is 4. The molecule has 35 heavy (non-hydrogen) atoms. The summed E-state index contributed by atoms with van der Waals surface area (Å²) in [6, 6.07) is 18.0. The van der Waals surface area contributed by atoms with E-state index in [2.05, 4.69) is 24.4 Å². The van der Waals surface area contributed by atoms with Crippen molar-refractivity contribution in [2.75, 3.05) is 25.0 Å². The topological polar surface area (TPSA) is 73.0 Å². The minimum absolute atomic E-state index is 0.0346. The van der Waals surface area contributed by atoms with Gasteiger partial charge in [0.15, 0.2) is 0 Å². The van der Waals surface area contributed by atoms with E-state index in [1.165, 1.54) is 0 Å². The molecule has 3 aliphatic rings. The van der Waals surface area contributed by atoms with Crippen LogP contribution in [0.15, 0.2) is 54.6 Å². The van der Waals surface area contributed by atoms with Gasteiger partial charge in [-0.3, -0.25) is 9.59 Å². The second kappa shape index (κ2) is 10.3. The average Bonchev–Trinajstić information content (AvgIpc) is 3.19. The first-order valence-electron chi connectivity index (χ1n) is 12.5. The van der Waals surface area contributed by atoms with E-state index in [1.54, 1.807) is 11.8 Å². The van der Waals surface area contributed by atoms with E-state index >= 15 is 0 Å². The van der Waals surface area contributed by atoms with Crippen molar-refractivity contribution < 1.29 is 14.4 Å². The number of nitrogens with zero attached hydrogens (tertiary/aromatic N) is 3. The molecule has 2 fully saturated rings. The third-order valence-electron chi connectivity index (χ3n) is 7.16. The van der Waals surface area contributed by atoms with Crippen LogP contribution < -0.4 is 5.32 Å². The van der Waals surface area contributed by atoms with Crippen LogP contribution in [0.5, 0.6) is 0 Å². The summed E-state index contributed by atoms with van der Waals surface area (Å²) in [5.41, 5.74) is 3.11. The van der Waals surface area contributed by atoms with Crippen molar-refractivity contribution in [1.29, 1.82) is 0 Å². The Hall–Kier alpha value is -3.00. The third kappa shape index (κ3) is 4.89. The highest BCUT2D eigenvalue weighted by atomic mass is 32.2. The van der Waals surface area contributed by atoms with Gasteiger partial charge in [0.25, 0.3) is 0 Å². The van der Waals surface area contributed by atoms with Crippen LogP contribution in [0.2, 0.25) is 0 Å². The molecule has 2 saturated heterocycles. The monoisotopic (exact) mass is 492 g/mol. The first-order chi connectivity index (χ1) is 17.0. The van der Waals surface area contributed by atoms with Crippen LogP contribution in [-0.4, -0.2) is 63.5 Å². The van der Waals surface area contributed by atoms with Crippen molar-refractivity contribution >= 4 is 35.3 Å². The Labute approximate surface area is 210 Å². The molecule has 0 radical (unpaired) electrons. The van der Waals surface area contributed by atoms with E-state index in [-0.39, 0.29) is 40.9 Å². The normalized spacial score (nSPS) is 22.8. The second-order valence-electron chi connectivity index (χ2n) is 9.45. The lowest BCUT2D eigenvalue weighted by molar-refractivity contribution is -0.136. The molecule has 0 bridgehead atoms. The standard InChI is InChI=1S/C27H32N4O3S/c1-2-14-30-25(33)23(35-26(30)19-8-4-3-5-9-19)17-24(32)29-15-12-21(13-16-29)31-18-20-10-6-7-11-22(20)28-27(31)34/h3-11,21,23,26H,2,12-18H2,1H3,(H,28,34). The van der Waals surface area contributed by atoms with Crippen LogP contribution in [0, 0.1) is 0 Å². The minimum atomic E-state index is -0.346. The van der Waals surface area contributed by atoms with Crippen LogP contribution in [0.25, 0.3) is 0 Å². The van der Waals surface area contributed by atoms with Gasteiger partial charge < -0.3 is 20.0 Å². The molecule has 1 N–H and O–H groups in total. The van der Waals surface area contributed by atoms with Gasteiger partial charge in [0, 0.05) is 44.3 Å². The van der Waals surface area contributed by atoms with E-state index in [1.807, 2.05) is 57.2 Å². The summed E-state index contributed by atoms with van der Waals surface area (Å²) >= 11 is 1.60. The molecule has 5 rings (SSSR count). The van der Waals surface area contributed by atoms with Crippen molar-refractivity contribution in [3.05, 3.63) is 65.7 Å². The molecular formula is C27H32N4O3S. The highest BCUT2D eigenvalue weighted by Gasteiger charge is 2.42. The number of carbonyl (C=O) groups is 3. The van der Waals surface area contributed by atoms with E-state index < -0.39 is 0 Å². The molecule has 8 heteroatoms. The molecule has 0 aliphatic carbocycles. The van der Waals surface area contributed by atoms with Crippen molar-refractivity contribution in [2.24, 2.45) is 0 Å². The molecule has 2 atom stereocenters. The minimum Gasteiger partial charge on any atom is -0.342 e. The van der Waals surface area contributed by atoms with Crippen molar-refractivity contribution in [3.63, 3.8) is 0 Å².